The second-order valence-corrected chi connectivity index (χ2v) is 10.6. The third kappa shape index (κ3) is 6.81. The van der Waals surface area contributed by atoms with Crippen LogP contribution in [0.3, 0.4) is 0 Å². The van der Waals surface area contributed by atoms with E-state index in [4.69, 9.17) is 21.1 Å². The zero-order chi connectivity index (χ0) is 28.6. The lowest BCUT2D eigenvalue weighted by atomic mass is 9.96. The van der Waals surface area contributed by atoms with E-state index >= 15 is 0 Å². The molecule has 2 N–H and O–H groups in total. The SMILES string of the molecule is CCOc1cc(/C=C(\C#N)C(=O)Nc2sc3c(c2C#N)CCCC3)cc(Cl)c1OCC(=O)Nc1ccc(C)cc1. The fraction of sp³-hybridized carbons (Fsp3) is 0.267. The number of benzene rings is 2. The van der Waals surface area contributed by atoms with Crippen molar-refractivity contribution in [2.24, 2.45) is 0 Å². The van der Waals surface area contributed by atoms with E-state index in [1.807, 2.05) is 25.1 Å². The van der Waals surface area contributed by atoms with E-state index in [1.54, 1.807) is 25.1 Å². The first-order valence-corrected chi connectivity index (χ1v) is 14.0. The molecule has 204 valence electrons. The van der Waals surface area contributed by atoms with Gasteiger partial charge in [-0.1, -0.05) is 29.3 Å². The quantitative estimate of drug-likeness (QED) is 0.224. The van der Waals surface area contributed by atoms with Crippen molar-refractivity contribution < 1.29 is 19.1 Å². The van der Waals surface area contributed by atoms with Crippen LogP contribution in [0, 0.1) is 29.6 Å². The number of thiophene rings is 1. The maximum atomic E-state index is 13.0. The summed E-state index contributed by atoms with van der Waals surface area (Å²) in [4.78, 5) is 26.5. The minimum atomic E-state index is -0.625. The molecule has 0 unspecified atom stereocenters. The van der Waals surface area contributed by atoms with Crippen molar-refractivity contribution in [2.75, 3.05) is 23.8 Å². The molecule has 0 atom stereocenters. The molecule has 8 nitrogen and oxygen atoms in total. The molecule has 0 spiro atoms. The Bertz CT molecular complexity index is 1550. The molecular formula is C30H27ClN4O4S. The van der Waals surface area contributed by atoms with E-state index < -0.39 is 5.91 Å². The van der Waals surface area contributed by atoms with Gasteiger partial charge >= 0.3 is 0 Å². The first kappa shape index (κ1) is 28.7. The minimum absolute atomic E-state index is 0.149. The van der Waals surface area contributed by atoms with E-state index in [-0.39, 0.29) is 34.6 Å². The molecule has 2 aromatic carbocycles. The zero-order valence-electron chi connectivity index (χ0n) is 22.1. The standard InChI is InChI=1S/C30H27ClN4O4S/c1-3-38-25-14-19(13-24(31)28(25)39-17-27(36)34-21-10-8-18(2)9-11-21)12-20(15-32)29(37)35-30-23(16-33)22-6-4-5-7-26(22)40-30/h8-14H,3-7,17H2,1-2H3,(H,34,36)(H,35,37)/b20-12+. The van der Waals surface area contributed by atoms with Gasteiger partial charge in [-0.15, -0.1) is 11.3 Å². The van der Waals surface area contributed by atoms with Gasteiger partial charge in [-0.25, -0.2) is 0 Å². The summed E-state index contributed by atoms with van der Waals surface area (Å²) >= 11 is 7.87. The normalized spacial score (nSPS) is 12.5. The number of rotatable bonds is 9. The molecule has 0 radical (unpaired) electrons. The molecule has 10 heteroatoms. The first-order chi connectivity index (χ1) is 19.3. The number of nitriles is 2. The van der Waals surface area contributed by atoms with Gasteiger partial charge in [0.2, 0.25) is 0 Å². The number of halogens is 1. The molecule has 2 amide bonds. The molecule has 1 aliphatic carbocycles. The van der Waals surface area contributed by atoms with E-state index in [1.165, 1.54) is 23.5 Å². The molecule has 0 fully saturated rings. The summed E-state index contributed by atoms with van der Waals surface area (Å²) in [6.07, 6.45) is 5.14. The lowest BCUT2D eigenvalue weighted by Crippen LogP contribution is -2.20. The molecule has 4 rings (SSSR count). The second-order valence-electron chi connectivity index (χ2n) is 9.12. The maximum Gasteiger partial charge on any atom is 0.266 e. The Labute approximate surface area is 241 Å². The maximum absolute atomic E-state index is 13.0. The predicted octanol–water partition coefficient (Wildman–Crippen LogP) is 6.42. The average molecular weight is 575 g/mol. The van der Waals surface area contributed by atoms with Crippen molar-refractivity contribution in [3.8, 4) is 23.6 Å². The summed E-state index contributed by atoms with van der Waals surface area (Å²) in [5.41, 5.74) is 3.45. The summed E-state index contributed by atoms with van der Waals surface area (Å²) in [6.45, 7) is 3.73. The second kappa shape index (κ2) is 13.2. The van der Waals surface area contributed by atoms with Crippen LogP contribution in [-0.2, 0) is 22.4 Å². The Morgan fingerprint density at radius 2 is 1.85 bits per heavy atom. The lowest BCUT2D eigenvalue weighted by molar-refractivity contribution is -0.118. The monoisotopic (exact) mass is 574 g/mol. The molecule has 3 aromatic rings. The van der Waals surface area contributed by atoms with Gasteiger partial charge in [0.1, 0.15) is 22.7 Å². The van der Waals surface area contributed by atoms with Crippen molar-refractivity contribution >= 4 is 51.5 Å². The number of nitrogens with zero attached hydrogens (tertiary/aromatic N) is 2. The molecule has 1 aromatic heterocycles. The summed E-state index contributed by atoms with van der Waals surface area (Å²) in [5.74, 6) is -0.563. The van der Waals surface area contributed by atoms with Gasteiger partial charge in [-0.05, 0) is 81.0 Å². The summed E-state index contributed by atoms with van der Waals surface area (Å²) in [6, 6.07) is 14.6. The zero-order valence-corrected chi connectivity index (χ0v) is 23.7. The third-order valence-corrected chi connectivity index (χ3v) is 7.69. The van der Waals surface area contributed by atoms with Crippen LogP contribution in [0.5, 0.6) is 11.5 Å². The van der Waals surface area contributed by atoms with Gasteiger partial charge < -0.3 is 20.1 Å². The number of anilines is 2. The van der Waals surface area contributed by atoms with E-state index in [9.17, 15) is 20.1 Å². The van der Waals surface area contributed by atoms with Crippen LogP contribution in [0.25, 0.3) is 6.08 Å². The number of ether oxygens (including phenoxy) is 2. The number of fused-ring (bicyclic) bond motifs is 1. The number of carbonyl (C=O) groups is 2. The van der Waals surface area contributed by atoms with Crippen LogP contribution in [0.15, 0.2) is 42.0 Å². The van der Waals surface area contributed by atoms with E-state index in [0.717, 1.165) is 41.7 Å². The summed E-state index contributed by atoms with van der Waals surface area (Å²) in [5, 5.41) is 25.5. The lowest BCUT2D eigenvalue weighted by Gasteiger charge is -2.14. The summed E-state index contributed by atoms with van der Waals surface area (Å²) < 4.78 is 11.4. The van der Waals surface area contributed by atoms with Gasteiger partial charge in [0.25, 0.3) is 11.8 Å². The summed E-state index contributed by atoms with van der Waals surface area (Å²) in [7, 11) is 0. The van der Waals surface area contributed by atoms with Gasteiger partial charge in [0.15, 0.2) is 18.1 Å². The Morgan fingerprint density at radius 3 is 2.55 bits per heavy atom. The highest BCUT2D eigenvalue weighted by Crippen LogP contribution is 2.39. The molecule has 0 bridgehead atoms. The number of carbonyl (C=O) groups excluding carboxylic acids is 2. The highest BCUT2D eigenvalue weighted by Gasteiger charge is 2.23. The number of hydrogen-bond acceptors (Lipinski definition) is 7. The molecule has 1 heterocycles. The number of nitrogens with one attached hydrogen (secondary N) is 2. The van der Waals surface area contributed by atoms with Crippen LogP contribution >= 0.6 is 22.9 Å². The van der Waals surface area contributed by atoms with Gasteiger partial charge in [0.05, 0.1) is 17.2 Å². The Morgan fingerprint density at radius 1 is 1.10 bits per heavy atom. The number of hydrogen-bond donors (Lipinski definition) is 2. The Balaban J connectivity index is 1.51. The van der Waals surface area contributed by atoms with E-state index in [0.29, 0.717) is 28.4 Å². The topological polar surface area (TPSA) is 124 Å². The Hall–Kier alpha value is -4.31. The molecule has 40 heavy (non-hydrogen) atoms. The molecule has 0 saturated carbocycles. The van der Waals surface area contributed by atoms with Crippen molar-refractivity contribution in [3.05, 3.63) is 74.1 Å². The molecule has 1 aliphatic rings. The van der Waals surface area contributed by atoms with E-state index in [2.05, 4.69) is 16.7 Å². The number of amides is 2. The fourth-order valence-corrected chi connectivity index (χ4v) is 5.81. The van der Waals surface area contributed by atoms with Gasteiger partial charge in [-0.2, -0.15) is 10.5 Å². The van der Waals surface area contributed by atoms with Crippen molar-refractivity contribution in [1.29, 1.82) is 10.5 Å². The molecular weight excluding hydrogens is 548 g/mol. The van der Waals surface area contributed by atoms with Crippen LogP contribution in [0.4, 0.5) is 10.7 Å². The van der Waals surface area contributed by atoms with Crippen LogP contribution in [0.1, 0.15) is 46.9 Å². The van der Waals surface area contributed by atoms with Crippen LogP contribution in [0.2, 0.25) is 5.02 Å². The average Bonchev–Trinajstić information content (AvgIpc) is 3.29. The van der Waals surface area contributed by atoms with Crippen molar-refractivity contribution in [1.82, 2.24) is 0 Å². The predicted molar refractivity (Wildman–Crippen MR) is 156 cm³/mol. The molecule has 0 aliphatic heterocycles. The highest BCUT2D eigenvalue weighted by molar-refractivity contribution is 7.16. The van der Waals surface area contributed by atoms with Crippen molar-refractivity contribution in [3.63, 3.8) is 0 Å². The minimum Gasteiger partial charge on any atom is -0.490 e. The van der Waals surface area contributed by atoms with Gasteiger partial charge in [0, 0.05) is 10.6 Å². The van der Waals surface area contributed by atoms with Crippen LogP contribution < -0.4 is 20.1 Å². The largest absolute Gasteiger partial charge is 0.490 e. The molecule has 0 saturated heterocycles. The highest BCUT2D eigenvalue weighted by atomic mass is 35.5. The van der Waals surface area contributed by atoms with Crippen molar-refractivity contribution in [2.45, 2.75) is 39.5 Å². The smallest absolute Gasteiger partial charge is 0.266 e. The third-order valence-electron chi connectivity index (χ3n) is 6.20. The van der Waals surface area contributed by atoms with Crippen LogP contribution in [-0.4, -0.2) is 25.0 Å². The first-order valence-electron chi connectivity index (χ1n) is 12.8. The number of aryl methyl sites for hydroxylation is 2. The fourth-order valence-electron chi connectivity index (χ4n) is 4.30. The Kier molecular flexibility index (Phi) is 9.44. The van der Waals surface area contributed by atoms with Gasteiger partial charge in [-0.3, -0.25) is 9.59 Å².